The molecule has 6 heteroatoms. The fraction of sp³-hybridized carbons (Fsp3) is 0.385. The fourth-order valence-electron chi connectivity index (χ4n) is 2.14. The van der Waals surface area contributed by atoms with Crippen LogP contribution in [0.4, 0.5) is 14.9 Å². The van der Waals surface area contributed by atoms with E-state index < -0.39 is 0 Å². The van der Waals surface area contributed by atoms with Crippen LogP contribution in [-0.4, -0.2) is 29.0 Å². The largest absolute Gasteiger partial charge is 0.393 e. The summed E-state index contributed by atoms with van der Waals surface area (Å²) in [6.45, 7) is 1.23. The number of nitrogens with two attached hydrogens (primary N) is 1. The quantitative estimate of drug-likeness (QED) is 0.818. The van der Waals surface area contributed by atoms with Gasteiger partial charge >= 0.3 is 6.03 Å². The summed E-state index contributed by atoms with van der Waals surface area (Å²) in [6.07, 6.45) is 1.57. The molecule has 4 nitrogen and oxygen atoms in total. The van der Waals surface area contributed by atoms with Crippen molar-refractivity contribution in [2.24, 2.45) is 11.7 Å². The maximum absolute atomic E-state index is 13.0. The lowest BCUT2D eigenvalue weighted by molar-refractivity contribution is 0.193. The number of hydrogen-bond donors (Lipinski definition) is 2. The number of carbonyl (C=O) groups is 1. The number of urea groups is 1. The van der Waals surface area contributed by atoms with Crippen LogP contribution in [-0.2, 0) is 0 Å². The molecule has 102 valence electrons. The Balaban J connectivity index is 1.90. The number of nitrogens with zero attached hydrogens (tertiary/aromatic N) is 1. The van der Waals surface area contributed by atoms with Crippen molar-refractivity contribution in [3.8, 4) is 0 Å². The highest BCUT2D eigenvalue weighted by Crippen LogP contribution is 2.18. The first kappa shape index (κ1) is 13.7. The zero-order chi connectivity index (χ0) is 13.8. The van der Waals surface area contributed by atoms with E-state index >= 15 is 0 Å². The molecule has 1 aromatic rings. The molecule has 0 radical (unpaired) electrons. The Morgan fingerprint density at radius 3 is 2.68 bits per heavy atom. The Labute approximate surface area is 116 Å². The average molecular weight is 281 g/mol. The zero-order valence-electron chi connectivity index (χ0n) is 10.4. The van der Waals surface area contributed by atoms with E-state index in [0.717, 1.165) is 12.8 Å². The monoisotopic (exact) mass is 281 g/mol. The molecule has 0 aromatic heterocycles. The maximum Gasteiger partial charge on any atom is 0.321 e. The van der Waals surface area contributed by atoms with Crippen molar-refractivity contribution in [3.63, 3.8) is 0 Å². The Morgan fingerprint density at radius 1 is 1.42 bits per heavy atom. The van der Waals surface area contributed by atoms with E-state index in [4.69, 9.17) is 18.0 Å². The van der Waals surface area contributed by atoms with Crippen molar-refractivity contribution in [2.45, 2.75) is 12.8 Å². The van der Waals surface area contributed by atoms with E-state index in [0.29, 0.717) is 23.8 Å². The molecule has 1 aliphatic rings. The number of halogens is 1. The summed E-state index contributed by atoms with van der Waals surface area (Å²) in [4.78, 5) is 14.2. The first-order valence-electron chi connectivity index (χ1n) is 6.17. The van der Waals surface area contributed by atoms with Crippen LogP contribution in [0.5, 0.6) is 0 Å². The standard InChI is InChI=1S/C13H16FN3OS/c14-10-2-1-3-11(8-10)16-13(18)17-6-4-9(5-7-17)12(15)19/h1-3,8-9H,4-7H2,(H2,15,19)(H,16,18). The summed E-state index contributed by atoms with van der Waals surface area (Å²) in [7, 11) is 0. The predicted molar refractivity (Wildman–Crippen MR) is 76.5 cm³/mol. The zero-order valence-corrected chi connectivity index (χ0v) is 11.3. The molecular formula is C13H16FN3OS. The molecular weight excluding hydrogens is 265 g/mol. The molecule has 0 saturated carbocycles. The van der Waals surface area contributed by atoms with Crippen LogP contribution in [0.2, 0.25) is 0 Å². The third-order valence-corrected chi connectivity index (χ3v) is 3.59. The van der Waals surface area contributed by atoms with Gasteiger partial charge in [0, 0.05) is 24.7 Å². The van der Waals surface area contributed by atoms with Crippen LogP contribution in [0.15, 0.2) is 24.3 Å². The molecule has 1 fully saturated rings. The summed E-state index contributed by atoms with van der Waals surface area (Å²) in [5.41, 5.74) is 6.06. The van der Waals surface area contributed by atoms with Gasteiger partial charge in [-0.2, -0.15) is 0 Å². The summed E-state index contributed by atoms with van der Waals surface area (Å²) < 4.78 is 13.0. The van der Waals surface area contributed by atoms with E-state index in [1.54, 1.807) is 17.0 Å². The van der Waals surface area contributed by atoms with Gasteiger partial charge in [-0.25, -0.2) is 9.18 Å². The second-order valence-electron chi connectivity index (χ2n) is 4.60. The highest BCUT2D eigenvalue weighted by Gasteiger charge is 2.24. The van der Waals surface area contributed by atoms with Gasteiger partial charge in [-0.15, -0.1) is 0 Å². The number of rotatable bonds is 2. The van der Waals surface area contributed by atoms with Gasteiger partial charge in [0.1, 0.15) is 5.82 Å². The third-order valence-electron chi connectivity index (χ3n) is 3.26. The molecule has 0 bridgehead atoms. The Bertz CT molecular complexity index is 487. The normalized spacial score (nSPS) is 16.2. The first-order valence-corrected chi connectivity index (χ1v) is 6.58. The maximum atomic E-state index is 13.0. The molecule has 0 unspecified atom stereocenters. The highest BCUT2D eigenvalue weighted by atomic mass is 32.1. The van der Waals surface area contributed by atoms with Crippen LogP contribution in [0.25, 0.3) is 0 Å². The molecule has 0 atom stereocenters. The van der Waals surface area contributed by atoms with Gasteiger partial charge in [-0.05, 0) is 31.0 Å². The summed E-state index contributed by atoms with van der Waals surface area (Å²) in [5, 5.41) is 2.68. The number of anilines is 1. The number of piperidine rings is 1. The van der Waals surface area contributed by atoms with Gasteiger partial charge in [0.05, 0.1) is 4.99 Å². The van der Waals surface area contributed by atoms with Crippen LogP contribution < -0.4 is 11.1 Å². The van der Waals surface area contributed by atoms with Gasteiger partial charge in [0.15, 0.2) is 0 Å². The molecule has 2 rings (SSSR count). The number of benzene rings is 1. The number of nitrogens with one attached hydrogen (secondary N) is 1. The molecule has 1 heterocycles. The van der Waals surface area contributed by atoms with Crippen molar-refractivity contribution in [1.29, 1.82) is 0 Å². The number of thiocarbonyl (C=S) groups is 1. The summed E-state index contributed by atoms with van der Waals surface area (Å²) in [6, 6.07) is 5.63. The molecule has 1 saturated heterocycles. The number of likely N-dealkylation sites (tertiary alicyclic amines) is 1. The van der Waals surface area contributed by atoms with Crippen LogP contribution in [0.1, 0.15) is 12.8 Å². The van der Waals surface area contributed by atoms with Crippen LogP contribution >= 0.6 is 12.2 Å². The Morgan fingerprint density at radius 2 is 2.11 bits per heavy atom. The van der Waals surface area contributed by atoms with E-state index in [2.05, 4.69) is 5.32 Å². The summed E-state index contributed by atoms with van der Waals surface area (Å²) >= 11 is 4.96. The minimum absolute atomic E-state index is 0.216. The first-order chi connectivity index (χ1) is 9.06. The smallest absolute Gasteiger partial charge is 0.321 e. The van der Waals surface area contributed by atoms with Crippen molar-refractivity contribution in [3.05, 3.63) is 30.1 Å². The van der Waals surface area contributed by atoms with Crippen molar-refractivity contribution in [1.82, 2.24) is 4.90 Å². The topological polar surface area (TPSA) is 58.4 Å². The molecule has 1 aliphatic heterocycles. The lowest BCUT2D eigenvalue weighted by Gasteiger charge is -2.31. The minimum atomic E-state index is -0.370. The van der Waals surface area contributed by atoms with Gasteiger partial charge in [0.2, 0.25) is 0 Å². The van der Waals surface area contributed by atoms with E-state index in [-0.39, 0.29) is 17.8 Å². The van der Waals surface area contributed by atoms with Gasteiger partial charge < -0.3 is 16.0 Å². The van der Waals surface area contributed by atoms with E-state index in [9.17, 15) is 9.18 Å². The fourth-order valence-corrected chi connectivity index (χ4v) is 2.37. The minimum Gasteiger partial charge on any atom is -0.393 e. The van der Waals surface area contributed by atoms with Gasteiger partial charge in [-0.3, -0.25) is 0 Å². The highest BCUT2D eigenvalue weighted by molar-refractivity contribution is 7.80. The van der Waals surface area contributed by atoms with E-state index in [1.807, 2.05) is 0 Å². The SMILES string of the molecule is NC(=S)C1CCN(C(=O)Nc2cccc(F)c2)CC1. The van der Waals surface area contributed by atoms with Crippen molar-refractivity contribution < 1.29 is 9.18 Å². The Kier molecular flexibility index (Phi) is 4.31. The lowest BCUT2D eigenvalue weighted by atomic mass is 9.97. The molecule has 3 N–H and O–H groups in total. The van der Waals surface area contributed by atoms with Gasteiger partial charge in [0.25, 0.3) is 0 Å². The molecule has 1 aromatic carbocycles. The second-order valence-corrected chi connectivity index (χ2v) is 5.08. The third kappa shape index (κ3) is 3.64. The van der Waals surface area contributed by atoms with Gasteiger partial charge in [-0.1, -0.05) is 18.3 Å². The van der Waals surface area contributed by atoms with E-state index in [1.165, 1.54) is 12.1 Å². The van der Waals surface area contributed by atoms with Crippen molar-refractivity contribution in [2.75, 3.05) is 18.4 Å². The molecule has 0 spiro atoms. The predicted octanol–water partition coefficient (Wildman–Crippen LogP) is 2.36. The Hall–Kier alpha value is -1.69. The summed E-state index contributed by atoms with van der Waals surface area (Å²) in [5.74, 6) is -0.154. The average Bonchev–Trinajstić information content (AvgIpc) is 2.39. The van der Waals surface area contributed by atoms with Crippen LogP contribution in [0.3, 0.4) is 0 Å². The number of hydrogen-bond acceptors (Lipinski definition) is 2. The molecule has 19 heavy (non-hydrogen) atoms. The second kappa shape index (κ2) is 5.97. The van der Waals surface area contributed by atoms with Crippen molar-refractivity contribution >= 4 is 28.9 Å². The molecule has 2 amide bonds. The van der Waals surface area contributed by atoms with Crippen LogP contribution in [0, 0.1) is 11.7 Å². The number of amides is 2. The molecule has 0 aliphatic carbocycles. The lowest BCUT2D eigenvalue weighted by Crippen LogP contribution is -2.43. The number of carbonyl (C=O) groups excluding carboxylic acids is 1.